The van der Waals surface area contributed by atoms with Crippen LogP contribution in [-0.4, -0.2) is 9.97 Å². The quantitative estimate of drug-likeness (QED) is 0.831. The van der Waals surface area contributed by atoms with Crippen LogP contribution in [0.5, 0.6) is 0 Å². The maximum absolute atomic E-state index is 11.2. The van der Waals surface area contributed by atoms with Gasteiger partial charge in [0.25, 0.3) is 0 Å². The second kappa shape index (κ2) is 4.92. The van der Waals surface area contributed by atoms with Crippen molar-refractivity contribution in [3.05, 3.63) is 34.2 Å². The van der Waals surface area contributed by atoms with E-state index in [0.717, 1.165) is 17.0 Å². The molecule has 0 radical (unpaired) electrons. The molecule has 1 aromatic carbocycles. The zero-order valence-corrected chi connectivity index (χ0v) is 11.8. The summed E-state index contributed by atoms with van der Waals surface area (Å²) >= 11 is 3.79. The summed E-state index contributed by atoms with van der Waals surface area (Å²) in [6.45, 7) is 0. The highest BCUT2D eigenvalue weighted by Gasteiger charge is 2.19. The van der Waals surface area contributed by atoms with Gasteiger partial charge in [-0.3, -0.25) is 0 Å². The minimum absolute atomic E-state index is 0.135. The van der Waals surface area contributed by atoms with Crippen molar-refractivity contribution in [2.75, 3.05) is 0 Å². The Morgan fingerprint density at radius 2 is 1.94 bits per heavy atom. The molecule has 1 atom stereocenters. The Kier molecular flexibility index (Phi) is 3.29. The topological polar surface area (TPSA) is 48.6 Å². The highest BCUT2D eigenvalue weighted by Crippen LogP contribution is 2.37. The van der Waals surface area contributed by atoms with E-state index in [1.807, 2.05) is 6.07 Å². The molecule has 1 aliphatic rings. The summed E-state index contributed by atoms with van der Waals surface area (Å²) in [6.07, 6.45) is 6.69. The van der Waals surface area contributed by atoms with E-state index < -0.39 is 0 Å². The number of imidazole rings is 1. The second-order valence-corrected chi connectivity index (χ2v) is 6.34. The average molecular weight is 309 g/mol. The van der Waals surface area contributed by atoms with Gasteiger partial charge < -0.3 is 9.97 Å². The number of hydrogen-bond donors (Lipinski definition) is 2. The predicted molar refractivity (Wildman–Crippen MR) is 77.2 cm³/mol. The lowest BCUT2D eigenvalue weighted by atomic mass is 9.98. The van der Waals surface area contributed by atoms with E-state index >= 15 is 0 Å². The molecule has 0 amide bonds. The van der Waals surface area contributed by atoms with Crippen LogP contribution in [0.2, 0.25) is 0 Å². The van der Waals surface area contributed by atoms with Gasteiger partial charge in [-0.2, -0.15) is 0 Å². The summed E-state index contributed by atoms with van der Waals surface area (Å²) in [5, 5.41) is 0. The fourth-order valence-corrected chi connectivity index (χ4v) is 3.73. The maximum Gasteiger partial charge on any atom is 0.323 e. The number of aromatic nitrogens is 2. The number of rotatable bonds is 3. The highest BCUT2D eigenvalue weighted by molar-refractivity contribution is 9.09. The van der Waals surface area contributed by atoms with Gasteiger partial charge in [-0.1, -0.05) is 47.7 Å². The summed E-state index contributed by atoms with van der Waals surface area (Å²) in [7, 11) is 0. The molecular formula is C14H17BrN2O. The van der Waals surface area contributed by atoms with Crippen LogP contribution in [0.4, 0.5) is 0 Å². The summed E-state index contributed by atoms with van der Waals surface area (Å²) in [6, 6.07) is 6.15. The van der Waals surface area contributed by atoms with Crippen molar-refractivity contribution in [3.63, 3.8) is 0 Å². The molecule has 2 aromatic rings. The van der Waals surface area contributed by atoms with Gasteiger partial charge in [0.15, 0.2) is 0 Å². The van der Waals surface area contributed by atoms with Crippen LogP contribution in [0.15, 0.2) is 23.0 Å². The molecule has 4 heteroatoms. The Hall–Kier alpha value is -1.03. The molecule has 0 bridgehead atoms. The number of benzene rings is 1. The maximum atomic E-state index is 11.2. The Morgan fingerprint density at radius 3 is 2.72 bits per heavy atom. The van der Waals surface area contributed by atoms with Crippen molar-refractivity contribution in [1.29, 1.82) is 0 Å². The van der Waals surface area contributed by atoms with Crippen molar-refractivity contribution in [1.82, 2.24) is 9.97 Å². The first-order valence-electron chi connectivity index (χ1n) is 6.58. The smallest absolute Gasteiger partial charge is 0.306 e. The molecule has 1 heterocycles. The first-order valence-corrected chi connectivity index (χ1v) is 7.50. The molecule has 3 nitrogen and oxygen atoms in total. The number of hydrogen-bond acceptors (Lipinski definition) is 1. The minimum atomic E-state index is -0.135. The van der Waals surface area contributed by atoms with Gasteiger partial charge in [0.05, 0.1) is 11.0 Å². The van der Waals surface area contributed by atoms with E-state index in [-0.39, 0.29) is 5.69 Å². The van der Waals surface area contributed by atoms with Crippen LogP contribution >= 0.6 is 15.9 Å². The molecular weight excluding hydrogens is 292 g/mol. The average Bonchev–Trinajstić information content (AvgIpc) is 2.95. The van der Waals surface area contributed by atoms with Crippen LogP contribution in [-0.2, 0) is 0 Å². The van der Waals surface area contributed by atoms with E-state index in [0.29, 0.717) is 4.83 Å². The third-order valence-electron chi connectivity index (χ3n) is 3.92. The Bertz CT molecular complexity index is 595. The Morgan fingerprint density at radius 1 is 1.22 bits per heavy atom. The summed E-state index contributed by atoms with van der Waals surface area (Å²) < 4.78 is 0. The largest absolute Gasteiger partial charge is 0.323 e. The number of aromatic amines is 2. The van der Waals surface area contributed by atoms with Crippen LogP contribution in [0.3, 0.4) is 0 Å². The van der Waals surface area contributed by atoms with Crippen LogP contribution < -0.4 is 5.69 Å². The van der Waals surface area contributed by atoms with Crippen molar-refractivity contribution >= 4 is 27.0 Å². The van der Waals surface area contributed by atoms with E-state index in [9.17, 15) is 4.79 Å². The van der Waals surface area contributed by atoms with Crippen LogP contribution in [0, 0.1) is 5.92 Å². The van der Waals surface area contributed by atoms with Crippen LogP contribution in [0.1, 0.15) is 42.5 Å². The van der Waals surface area contributed by atoms with E-state index in [1.54, 1.807) is 0 Å². The number of halogens is 1. The van der Waals surface area contributed by atoms with Gasteiger partial charge in [-0.25, -0.2) is 4.79 Å². The fourth-order valence-electron chi connectivity index (χ4n) is 2.92. The summed E-state index contributed by atoms with van der Waals surface area (Å²) in [5.41, 5.74) is 2.89. The van der Waals surface area contributed by atoms with Gasteiger partial charge in [0.2, 0.25) is 0 Å². The zero-order chi connectivity index (χ0) is 12.5. The third-order valence-corrected chi connectivity index (χ3v) is 4.82. The normalized spacial score (nSPS) is 18.5. The van der Waals surface area contributed by atoms with Gasteiger partial charge >= 0.3 is 5.69 Å². The Labute approximate surface area is 114 Å². The summed E-state index contributed by atoms with van der Waals surface area (Å²) in [5.74, 6) is 0.857. The second-order valence-electron chi connectivity index (χ2n) is 5.24. The lowest BCUT2D eigenvalue weighted by Gasteiger charge is -2.15. The SMILES string of the molecule is O=c1[nH]c2ccc(C(Br)CC3CCCC3)cc2[nH]1. The van der Waals surface area contributed by atoms with Crippen molar-refractivity contribution in [2.45, 2.75) is 36.9 Å². The fraction of sp³-hybridized carbons (Fsp3) is 0.500. The third kappa shape index (κ3) is 2.39. The molecule has 2 N–H and O–H groups in total. The molecule has 1 saturated carbocycles. The molecule has 1 aromatic heterocycles. The molecule has 0 spiro atoms. The molecule has 96 valence electrons. The van der Waals surface area contributed by atoms with Gasteiger partial charge in [0.1, 0.15) is 0 Å². The van der Waals surface area contributed by atoms with Crippen LogP contribution in [0.25, 0.3) is 11.0 Å². The predicted octanol–water partition coefficient (Wildman–Crippen LogP) is 3.87. The minimum Gasteiger partial charge on any atom is -0.306 e. The molecule has 18 heavy (non-hydrogen) atoms. The molecule has 3 rings (SSSR count). The molecule has 1 aliphatic carbocycles. The lowest BCUT2D eigenvalue weighted by molar-refractivity contribution is 0.502. The number of alkyl halides is 1. The first kappa shape index (κ1) is 12.0. The van der Waals surface area contributed by atoms with Crippen molar-refractivity contribution in [2.24, 2.45) is 5.92 Å². The van der Waals surface area contributed by atoms with E-state index in [4.69, 9.17) is 0 Å². The van der Waals surface area contributed by atoms with Crippen molar-refractivity contribution < 1.29 is 0 Å². The standard InChI is InChI=1S/C14H17BrN2O/c15-11(7-9-3-1-2-4-9)10-5-6-12-13(8-10)17-14(18)16-12/h5-6,8-9,11H,1-4,7H2,(H2,16,17,18). The van der Waals surface area contributed by atoms with E-state index in [1.165, 1.54) is 37.7 Å². The number of H-pyrrole nitrogens is 2. The molecule has 0 saturated heterocycles. The van der Waals surface area contributed by atoms with Gasteiger partial charge in [-0.15, -0.1) is 0 Å². The van der Waals surface area contributed by atoms with Gasteiger partial charge in [0, 0.05) is 4.83 Å². The van der Waals surface area contributed by atoms with E-state index in [2.05, 4.69) is 38.0 Å². The molecule has 0 aliphatic heterocycles. The summed E-state index contributed by atoms with van der Waals surface area (Å²) in [4.78, 5) is 17.2. The zero-order valence-electron chi connectivity index (χ0n) is 10.2. The lowest BCUT2D eigenvalue weighted by Crippen LogP contribution is -1.99. The van der Waals surface area contributed by atoms with Crippen molar-refractivity contribution in [3.8, 4) is 0 Å². The monoisotopic (exact) mass is 308 g/mol. The first-order chi connectivity index (χ1) is 8.72. The molecule has 1 fully saturated rings. The Balaban J connectivity index is 1.81. The van der Waals surface area contributed by atoms with Gasteiger partial charge in [-0.05, 0) is 30.0 Å². The number of fused-ring (bicyclic) bond motifs is 1. The highest BCUT2D eigenvalue weighted by atomic mass is 79.9. The molecule has 1 unspecified atom stereocenters. The number of nitrogens with one attached hydrogen (secondary N) is 2.